The highest BCUT2D eigenvalue weighted by molar-refractivity contribution is 5.87. The zero-order chi connectivity index (χ0) is 13.0. The van der Waals surface area contributed by atoms with Gasteiger partial charge in [-0.25, -0.2) is 4.39 Å². The fourth-order valence-electron chi connectivity index (χ4n) is 1.45. The molecule has 0 aliphatic carbocycles. The molecule has 1 rings (SSSR count). The van der Waals surface area contributed by atoms with E-state index in [0.717, 1.165) is 0 Å². The van der Waals surface area contributed by atoms with Gasteiger partial charge < -0.3 is 9.80 Å². The predicted octanol–water partition coefficient (Wildman–Crippen LogP) is 1.16. The largest absolute Gasteiger partial charge is 0.362 e. The van der Waals surface area contributed by atoms with Crippen LogP contribution in [0, 0.1) is 5.82 Å². The lowest BCUT2D eigenvalue weighted by Gasteiger charge is -2.22. The number of aldehydes is 1. The lowest BCUT2D eigenvalue weighted by Crippen LogP contribution is -2.35. The van der Waals surface area contributed by atoms with Crippen LogP contribution in [0.3, 0.4) is 0 Å². The van der Waals surface area contributed by atoms with E-state index in [-0.39, 0.29) is 23.7 Å². The van der Waals surface area contributed by atoms with E-state index in [4.69, 9.17) is 0 Å². The van der Waals surface area contributed by atoms with Crippen LogP contribution in [-0.2, 0) is 4.79 Å². The molecule has 4 nitrogen and oxygen atoms in total. The molecule has 92 valence electrons. The zero-order valence-corrected chi connectivity index (χ0v) is 10.1. The number of nitrogens with zero attached hydrogens (tertiary/aromatic N) is 2. The number of para-hydroxylation sites is 1. The molecule has 0 unspecified atom stereocenters. The monoisotopic (exact) mass is 238 g/mol. The molecule has 0 aliphatic heterocycles. The van der Waals surface area contributed by atoms with Crippen LogP contribution in [0.15, 0.2) is 18.2 Å². The lowest BCUT2D eigenvalue weighted by atomic mass is 10.1. The van der Waals surface area contributed by atoms with E-state index in [1.165, 1.54) is 28.0 Å². The molecule has 1 aromatic carbocycles. The van der Waals surface area contributed by atoms with Crippen LogP contribution in [0.4, 0.5) is 10.1 Å². The Bertz CT molecular complexity index is 433. The fourth-order valence-corrected chi connectivity index (χ4v) is 1.45. The summed E-state index contributed by atoms with van der Waals surface area (Å²) < 4.78 is 13.6. The van der Waals surface area contributed by atoms with E-state index in [1.54, 1.807) is 21.1 Å². The summed E-state index contributed by atoms with van der Waals surface area (Å²) in [5, 5.41) is 0. The molecule has 17 heavy (non-hydrogen) atoms. The molecule has 0 atom stereocenters. The summed E-state index contributed by atoms with van der Waals surface area (Å²) in [6, 6.07) is 4.24. The average molecular weight is 238 g/mol. The molecule has 0 radical (unpaired) electrons. The van der Waals surface area contributed by atoms with Crippen molar-refractivity contribution in [3.8, 4) is 0 Å². The van der Waals surface area contributed by atoms with Gasteiger partial charge in [0.1, 0.15) is 5.82 Å². The first-order valence-electron chi connectivity index (χ1n) is 5.12. The maximum Gasteiger partial charge on any atom is 0.241 e. The van der Waals surface area contributed by atoms with Crippen LogP contribution >= 0.6 is 0 Å². The molecule has 0 bridgehead atoms. The molecule has 0 heterocycles. The highest BCUT2D eigenvalue weighted by atomic mass is 19.1. The topological polar surface area (TPSA) is 40.6 Å². The van der Waals surface area contributed by atoms with Gasteiger partial charge in [-0.2, -0.15) is 0 Å². The molecular formula is C12H15FN2O2. The van der Waals surface area contributed by atoms with Gasteiger partial charge >= 0.3 is 0 Å². The standard InChI is InChI=1S/C12H15FN2O2/c1-14(2)11(17)7-15(3)12-9(8-16)5-4-6-10(12)13/h4-6,8H,7H2,1-3H3. The van der Waals surface area contributed by atoms with Crippen molar-refractivity contribution in [3.63, 3.8) is 0 Å². The van der Waals surface area contributed by atoms with Crippen molar-refractivity contribution in [1.82, 2.24) is 4.90 Å². The Kier molecular flexibility index (Phi) is 4.20. The highest BCUT2D eigenvalue weighted by Crippen LogP contribution is 2.21. The third-order valence-corrected chi connectivity index (χ3v) is 2.40. The summed E-state index contributed by atoms with van der Waals surface area (Å²) in [4.78, 5) is 25.2. The Morgan fingerprint density at radius 1 is 1.35 bits per heavy atom. The van der Waals surface area contributed by atoms with Crippen LogP contribution < -0.4 is 4.90 Å². The van der Waals surface area contributed by atoms with Crippen molar-refractivity contribution >= 4 is 17.9 Å². The molecule has 1 amide bonds. The number of rotatable bonds is 4. The van der Waals surface area contributed by atoms with Gasteiger partial charge in [-0.15, -0.1) is 0 Å². The molecule has 0 aliphatic rings. The molecule has 0 aromatic heterocycles. The van der Waals surface area contributed by atoms with Gasteiger partial charge in [0.05, 0.1) is 12.2 Å². The maximum atomic E-state index is 13.6. The van der Waals surface area contributed by atoms with Crippen molar-refractivity contribution < 1.29 is 14.0 Å². The number of amides is 1. The molecule has 0 spiro atoms. The first-order chi connectivity index (χ1) is 7.97. The van der Waals surface area contributed by atoms with Gasteiger partial charge in [0.2, 0.25) is 5.91 Å². The van der Waals surface area contributed by atoms with Gasteiger partial charge in [-0.05, 0) is 12.1 Å². The smallest absolute Gasteiger partial charge is 0.241 e. The number of benzene rings is 1. The van der Waals surface area contributed by atoms with Gasteiger partial charge in [0, 0.05) is 26.7 Å². The second-order valence-electron chi connectivity index (χ2n) is 3.94. The maximum absolute atomic E-state index is 13.6. The number of carbonyl (C=O) groups excluding carboxylic acids is 2. The van der Waals surface area contributed by atoms with E-state index in [1.807, 2.05) is 0 Å². The van der Waals surface area contributed by atoms with Crippen molar-refractivity contribution in [2.45, 2.75) is 0 Å². The Morgan fingerprint density at radius 3 is 2.53 bits per heavy atom. The van der Waals surface area contributed by atoms with Gasteiger partial charge in [-0.1, -0.05) is 6.07 Å². The van der Waals surface area contributed by atoms with Crippen LogP contribution in [0.1, 0.15) is 10.4 Å². The fraction of sp³-hybridized carbons (Fsp3) is 0.333. The predicted molar refractivity (Wildman–Crippen MR) is 63.8 cm³/mol. The van der Waals surface area contributed by atoms with E-state index in [9.17, 15) is 14.0 Å². The molecule has 1 aromatic rings. The number of carbonyl (C=O) groups is 2. The Balaban J connectivity index is 2.99. The number of anilines is 1. The van der Waals surface area contributed by atoms with Gasteiger partial charge in [-0.3, -0.25) is 9.59 Å². The summed E-state index contributed by atoms with van der Waals surface area (Å²) in [6.45, 7) is 0.0226. The van der Waals surface area contributed by atoms with Crippen molar-refractivity contribution in [2.75, 3.05) is 32.6 Å². The first kappa shape index (κ1) is 13.2. The summed E-state index contributed by atoms with van der Waals surface area (Å²) in [5.41, 5.74) is 0.386. The van der Waals surface area contributed by atoms with Crippen molar-refractivity contribution in [2.24, 2.45) is 0 Å². The second-order valence-corrected chi connectivity index (χ2v) is 3.94. The van der Waals surface area contributed by atoms with Crippen molar-refractivity contribution in [1.29, 1.82) is 0 Å². The molecule has 0 saturated carbocycles. The number of halogens is 1. The summed E-state index contributed by atoms with van der Waals surface area (Å²) in [5.74, 6) is -0.670. The lowest BCUT2D eigenvalue weighted by molar-refractivity contribution is -0.127. The summed E-state index contributed by atoms with van der Waals surface area (Å²) in [7, 11) is 4.82. The van der Waals surface area contributed by atoms with Crippen LogP contribution in [0.5, 0.6) is 0 Å². The molecule has 5 heteroatoms. The van der Waals surface area contributed by atoms with E-state index in [0.29, 0.717) is 6.29 Å². The normalized spacial score (nSPS) is 9.88. The van der Waals surface area contributed by atoms with Crippen molar-refractivity contribution in [3.05, 3.63) is 29.6 Å². The number of hydrogen-bond donors (Lipinski definition) is 0. The molecule has 0 fully saturated rings. The SMILES string of the molecule is CN(C)C(=O)CN(C)c1c(F)cccc1C=O. The van der Waals surface area contributed by atoms with Crippen LogP contribution in [0.25, 0.3) is 0 Å². The second kappa shape index (κ2) is 5.43. The molecule has 0 N–H and O–H groups in total. The third-order valence-electron chi connectivity index (χ3n) is 2.40. The van der Waals surface area contributed by atoms with Crippen LogP contribution in [-0.4, -0.2) is 44.8 Å². The van der Waals surface area contributed by atoms with E-state index >= 15 is 0 Å². The Hall–Kier alpha value is -1.91. The quantitative estimate of drug-likeness (QED) is 0.739. The van der Waals surface area contributed by atoms with Gasteiger partial charge in [0.15, 0.2) is 6.29 Å². The summed E-state index contributed by atoms with van der Waals surface area (Å²) in [6.07, 6.45) is 0.578. The molecule has 0 saturated heterocycles. The van der Waals surface area contributed by atoms with E-state index < -0.39 is 5.82 Å². The third kappa shape index (κ3) is 3.03. The average Bonchev–Trinajstić information content (AvgIpc) is 2.27. The van der Waals surface area contributed by atoms with Gasteiger partial charge in [0.25, 0.3) is 0 Å². The summed E-state index contributed by atoms with van der Waals surface area (Å²) >= 11 is 0. The number of hydrogen-bond acceptors (Lipinski definition) is 3. The minimum atomic E-state index is -0.511. The minimum absolute atomic E-state index is 0.0226. The van der Waals surface area contributed by atoms with E-state index in [2.05, 4.69) is 0 Å². The first-order valence-corrected chi connectivity index (χ1v) is 5.12. The Labute approximate surface area is 99.6 Å². The Morgan fingerprint density at radius 2 is 2.00 bits per heavy atom. The minimum Gasteiger partial charge on any atom is -0.362 e. The highest BCUT2D eigenvalue weighted by Gasteiger charge is 2.15. The number of likely N-dealkylation sites (N-methyl/N-ethyl adjacent to an activating group) is 2. The zero-order valence-electron chi connectivity index (χ0n) is 10.1. The molecular weight excluding hydrogens is 223 g/mol. The van der Waals surface area contributed by atoms with Crippen LogP contribution in [0.2, 0.25) is 0 Å².